The molecule has 1 atom stereocenters. The maximum Gasteiger partial charge on any atom is 0.289 e. The number of nitrogens with zero attached hydrogens (tertiary/aromatic N) is 3. The van der Waals surface area contributed by atoms with Crippen molar-refractivity contribution in [2.45, 2.75) is 18.9 Å². The lowest BCUT2D eigenvalue weighted by Gasteiger charge is -2.44. The molecule has 2 fully saturated rings. The number of anilines is 1. The molecule has 0 spiro atoms. The van der Waals surface area contributed by atoms with Crippen molar-refractivity contribution in [1.82, 2.24) is 9.80 Å². The molecule has 1 amide bonds. The van der Waals surface area contributed by atoms with Crippen LogP contribution in [0.15, 0.2) is 40.8 Å². The minimum absolute atomic E-state index is 0.0503. The fourth-order valence-electron chi connectivity index (χ4n) is 4.36. The monoisotopic (exact) mass is 399 g/mol. The molecule has 2 aromatic rings. The number of carbonyl (C=O) groups excluding carboxylic acids is 1. The van der Waals surface area contributed by atoms with Gasteiger partial charge in [0.05, 0.1) is 19.9 Å². The summed E-state index contributed by atoms with van der Waals surface area (Å²) in [6, 6.07) is 12.0. The van der Waals surface area contributed by atoms with E-state index in [1.807, 2.05) is 17.0 Å². The summed E-state index contributed by atoms with van der Waals surface area (Å²) in [6.45, 7) is 5.41. The number of carbonyl (C=O) groups is 1. The maximum atomic E-state index is 12.8. The first-order chi connectivity index (χ1) is 14.2. The Labute approximate surface area is 171 Å². The Morgan fingerprint density at radius 1 is 1.00 bits per heavy atom. The van der Waals surface area contributed by atoms with Gasteiger partial charge in [-0.25, -0.2) is 0 Å². The molecule has 7 heteroatoms. The zero-order valence-electron chi connectivity index (χ0n) is 17.2. The fourth-order valence-corrected chi connectivity index (χ4v) is 4.36. The Hall–Kier alpha value is -2.67. The standard InChI is InChI=1S/C22H29N3O4/c1-27-19-8-4-3-7-18(19)24-14-12-23(13-15-24)17-6-5-11-25(16-17)22(26)20-9-10-21(28-2)29-20/h3-4,7-10,17H,5-6,11-16H2,1-2H3/t17-/m0/s1. The van der Waals surface area contributed by atoms with Crippen LogP contribution in [0, 0.1) is 0 Å². The fraction of sp³-hybridized carbons (Fsp3) is 0.500. The van der Waals surface area contributed by atoms with E-state index in [4.69, 9.17) is 13.9 Å². The van der Waals surface area contributed by atoms with Crippen LogP contribution in [0.25, 0.3) is 0 Å². The van der Waals surface area contributed by atoms with Crippen molar-refractivity contribution in [2.24, 2.45) is 0 Å². The molecular weight excluding hydrogens is 370 g/mol. The number of piperidine rings is 1. The molecule has 29 heavy (non-hydrogen) atoms. The summed E-state index contributed by atoms with van der Waals surface area (Å²) in [6.07, 6.45) is 2.14. The van der Waals surface area contributed by atoms with Gasteiger partial charge in [0.15, 0.2) is 5.76 Å². The van der Waals surface area contributed by atoms with Crippen LogP contribution in [0.5, 0.6) is 11.7 Å². The lowest BCUT2D eigenvalue weighted by atomic mass is 10.0. The SMILES string of the molecule is COc1ccc(C(=O)N2CCC[C@H](N3CCN(c4ccccc4OC)CC3)C2)o1. The Morgan fingerprint density at radius 3 is 2.52 bits per heavy atom. The second-order valence-corrected chi connectivity index (χ2v) is 7.56. The number of benzene rings is 1. The van der Waals surface area contributed by atoms with Gasteiger partial charge >= 0.3 is 0 Å². The van der Waals surface area contributed by atoms with Crippen molar-refractivity contribution >= 4 is 11.6 Å². The number of piperazine rings is 1. The van der Waals surface area contributed by atoms with Crippen molar-refractivity contribution in [3.63, 3.8) is 0 Å². The van der Waals surface area contributed by atoms with E-state index < -0.39 is 0 Å². The van der Waals surface area contributed by atoms with Gasteiger partial charge in [-0.2, -0.15) is 0 Å². The van der Waals surface area contributed by atoms with Crippen molar-refractivity contribution in [2.75, 3.05) is 58.4 Å². The number of hydrogen-bond donors (Lipinski definition) is 0. The van der Waals surface area contributed by atoms with Gasteiger partial charge < -0.3 is 23.7 Å². The smallest absolute Gasteiger partial charge is 0.289 e. The second kappa shape index (κ2) is 8.78. The van der Waals surface area contributed by atoms with Crippen LogP contribution in [-0.4, -0.2) is 75.2 Å². The van der Waals surface area contributed by atoms with Crippen molar-refractivity contribution in [3.05, 3.63) is 42.2 Å². The van der Waals surface area contributed by atoms with Crippen LogP contribution >= 0.6 is 0 Å². The van der Waals surface area contributed by atoms with Gasteiger partial charge in [0.2, 0.25) is 0 Å². The second-order valence-electron chi connectivity index (χ2n) is 7.56. The van der Waals surface area contributed by atoms with Crippen LogP contribution in [-0.2, 0) is 0 Å². The van der Waals surface area contributed by atoms with E-state index in [0.29, 0.717) is 17.7 Å². The highest BCUT2D eigenvalue weighted by molar-refractivity contribution is 5.91. The Balaban J connectivity index is 1.35. The summed E-state index contributed by atoms with van der Waals surface area (Å²) < 4.78 is 16.0. The number of para-hydroxylation sites is 2. The Kier molecular flexibility index (Phi) is 5.94. The van der Waals surface area contributed by atoms with Crippen molar-refractivity contribution in [3.8, 4) is 11.7 Å². The molecule has 0 unspecified atom stereocenters. The topological polar surface area (TPSA) is 58.4 Å². The molecule has 4 rings (SSSR count). The van der Waals surface area contributed by atoms with Gasteiger partial charge in [0, 0.05) is 51.4 Å². The highest BCUT2D eigenvalue weighted by Gasteiger charge is 2.31. The third-order valence-electron chi connectivity index (χ3n) is 5.93. The average Bonchev–Trinajstić information content (AvgIpc) is 3.28. The van der Waals surface area contributed by atoms with E-state index in [1.54, 1.807) is 19.2 Å². The summed E-state index contributed by atoms with van der Waals surface area (Å²) >= 11 is 0. The van der Waals surface area contributed by atoms with Crippen molar-refractivity contribution < 1.29 is 18.7 Å². The first-order valence-corrected chi connectivity index (χ1v) is 10.2. The van der Waals surface area contributed by atoms with Crippen LogP contribution in [0.1, 0.15) is 23.4 Å². The molecule has 2 aliphatic heterocycles. The van der Waals surface area contributed by atoms with E-state index in [2.05, 4.69) is 21.9 Å². The van der Waals surface area contributed by atoms with Crippen LogP contribution in [0.3, 0.4) is 0 Å². The summed E-state index contributed by atoms with van der Waals surface area (Å²) in [5.41, 5.74) is 1.15. The van der Waals surface area contributed by atoms with E-state index in [-0.39, 0.29) is 5.91 Å². The van der Waals surface area contributed by atoms with Gasteiger partial charge in [-0.1, -0.05) is 12.1 Å². The van der Waals surface area contributed by atoms with E-state index in [9.17, 15) is 4.79 Å². The van der Waals surface area contributed by atoms with E-state index >= 15 is 0 Å². The molecule has 0 saturated carbocycles. The zero-order chi connectivity index (χ0) is 20.2. The Bertz CT molecular complexity index is 829. The third-order valence-corrected chi connectivity index (χ3v) is 5.93. The molecule has 3 heterocycles. The lowest BCUT2D eigenvalue weighted by Crippen LogP contribution is -2.55. The molecular formula is C22H29N3O4. The molecule has 156 valence electrons. The quantitative estimate of drug-likeness (QED) is 0.771. The molecule has 0 N–H and O–H groups in total. The zero-order valence-corrected chi connectivity index (χ0v) is 17.2. The number of ether oxygens (including phenoxy) is 2. The molecule has 1 aromatic carbocycles. The highest BCUT2D eigenvalue weighted by Crippen LogP contribution is 2.29. The Morgan fingerprint density at radius 2 is 1.79 bits per heavy atom. The third kappa shape index (κ3) is 4.19. The van der Waals surface area contributed by atoms with Gasteiger partial charge in [-0.3, -0.25) is 9.69 Å². The van der Waals surface area contributed by atoms with Crippen LogP contribution < -0.4 is 14.4 Å². The first-order valence-electron chi connectivity index (χ1n) is 10.2. The molecule has 2 aliphatic rings. The molecule has 0 radical (unpaired) electrons. The van der Waals surface area contributed by atoms with Gasteiger partial charge in [0.1, 0.15) is 5.75 Å². The molecule has 2 saturated heterocycles. The summed E-state index contributed by atoms with van der Waals surface area (Å²) in [5, 5.41) is 0. The number of amides is 1. The maximum absolute atomic E-state index is 12.8. The minimum atomic E-state index is -0.0503. The molecule has 7 nitrogen and oxygen atoms in total. The van der Waals surface area contributed by atoms with Crippen LogP contribution in [0.4, 0.5) is 5.69 Å². The largest absolute Gasteiger partial charge is 0.495 e. The average molecular weight is 399 g/mol. The predicted molar refractivity (Wildman–Crippen MR) is 111 cm³/mol. The number of likely N-dealkylation sites (tertiary alicyclic amines) is 1. The molecule has 1 aromatic heterocycles. The number of methoxy groups -OCH3 is 2. The minimum Gasteiger partial charge on any atom is -0.495 e. The molecule has 0 aliphatic carbocycles. The van der Waals surface area contributed by atoms with Gasteiger partial charge in [0.25, 0.3) is 11.9 Å². The number of rotatable bonds is 5. The summed E-state index contributed by atoms with van der Waals surface area (Å²) in [5.74, 6) is 1.59. The van der Waals surface area contributed by atoms with E-state index in [1.165, 1.54) is 7.11 Å². The van der Waals surface area contributed by atoms with Gasteiger partial charge in [-0.15, -0.1) is 0 Å². The molecule has 0 bridgehead atoms. The van der Waals surface area contributed by atoms with Crippen LogP contribution in [0.2, 0.25) is 0 Å². The predicted octanol–water partition coefficient (Wildman–Crippen LogP) is 2.72. The number of furan rings is 1. The highest BCUT2D eigenvalue weighted by atomic mass is 16.6. The van der Waals surface area contributed by atoms with Gasteiger partial charge in [-0.05, 0) is 31.0 Å². The number of hydrogen-bond acceptors (Lipinski definition) is 6. The normalized spacial score (nSPS) is 20.6. The van der Waals surface area contributed by atoms with E-state index in [0.717, 1.165) is 63.5 Å². The van der Waals surface area contributed by atoms with Crippen molar-refractivity contribution in [1.29, 1.82) is 0 Å². The lowest BCUT2D eigenvalue weighted by molar-refractivity contribution is 0.0530. The summed E-state index contributed by atoms with van der Waals surface area (Å²) in [4.78, 5) is 19.6. The summed E-state index contributed by atoms with van der Waals surface area (Å²) in [7, 11) is 3.26. The first kappa shape index (κ1) is 19.6.